The third kappa shape index (κ3) is 1.91. The Morgan fingerprint density at radius 2 is 2.17 bits per heavy atom. The van der Waals surface area contributed by atoms with E-state index >= 15 is 0 Å². The van der Waals surface area contributed by atoms with Crippen molar-refractivity contribution < 1.29 is 10.2 Å². The summed E-state index contributed by atoms with van der Waals surface area (Å²) in [5.41, 5.74) is 6.04. The lowest BCUT2D eigenvalue weighted by Crippen LogP contribution is -2.14. The van der Waals surface area contributed by atoms with Gasteiger partial charge < -0.3 is 15.9 Å². The standard InChI is InChI=1S/C8H11NO2S/c9-7(4-10)6-3-5(12)1-2-8(6)11/h1-3,7,10-12H,4,9H2. The highest BCUT2D eigenvalue weighted by Gasteiger charge is 2.09. The van der Waals surface area contributed by atoms with E-state index in [2.05, 4.69) is 12.6 Å². The summed E-state index contributed by atoms with van der Waals surface area (Å²) < 4.78 is 0. The van der Waals surface area contributed by atoms with E-state index in [4.69, 9.17) is 10.8 Å². The highest BCUT2D eigenvalue weighted by atomic mass is 32.1. The smallest absolute Gasteiger partial charge is 0.120 e. The molecule has 0 fully saturated rings. The van der Waals surface area contributed by atoms with Crippen LogP contribution in [0.3, 0.4) is 0 Å². The van der Waals surface area contributed by atoms with Gasteiger partial charge in [-0.2, -0.15) is 0 Å². The van der Waals surface area contributed by atoms with Gasteiger partial charge in [-0.1, -0.05) is 0 Å². The lowest BCUT2D eigenvalue weighted by Gasteiger charge is -2.10. The molecule has 0 amide bonds. The average Bonchev–Trinajstić information content (AvgIpc) is 2.08. The Hall–Kier alpha value is -0.710. The van der Waals surface area contributed by atoms with Crippen LogP contribution >= 0.6 is 12.6 Å². The van der Waals surface area contributed by atoms with Gasteiger partial charge in [-0.25, -0.2) is 0 Å². The van der Waals surface area contributed by atoms with E-state index in [0.29, 0.717) is 10.5 Å². The van der Waals surface area contributed by atoms with Crippen molar-refractivity contribution in [3.05, 3.63) is 23.8 Å². The van der Waals surface area contributed by atoms with E-state index in [-0.39, 0.29) is 12.4 Å². The molecule has 0 saturated heterocycles. The molecule has 1 rings (SSSR count). The summed E-state index contributed by atoms with van der Waals surface area (Å²) in [4.78, 5) is 0.715. The van der Waals surface area contributed by atoms with Gasteiger partial charge in [0.1, 0.15) is 5.75 Å². The van der Waals surface area contributed by atoms with Crippen LogP contribution in [-0.4, -0.2) is 16.8 Å². The van der Waals surface area contributed by atoms with E-state index < -0.39 is 6.04 Å². The molecule has 0 aliphatic rings. The number of benzene rings is 1. The van der Waals surface area contributed by atoms with Crippen LogP contribution in [0.5, 0.6) is 5.75 Å². The van der Waals surface area contributed by atoms with E-state index in [9.17, 15) is 5.11 Å². The molecule has 1 unspecified atom stereocenters. The Morgan fingerprint density at radius 3 is 2.75 bits per heavy atom. The van der Waals surface area contributed by atoms with Crippen molar-refractivity contribution in [3.63, 3.8) is 0 Å². The first-order valence-corrected chi connectivity index (χ1v) is 3.98. The quantitative estimate of drug-likeness (QED) is 0.512. The summed E-state index contributed by atoms with van der Waals surface area (Å²) in [5, 5.41) is 18.1. The van der Waals surface area contributed by atoms with Crippen molar-refractivity contribution in [2.24, 2.45) is 5.73 Å². The fraction of sp³-hybridized carbons (Fsp3) is 0.250. The number of thiol groups is 1. The lowest BCUT2D eigenvalue weighted by molar-refractivity contribution is 0.265. The van der Waals surface area contributed by atoms with Crippen LogP contribution in [0.1, 0.15) is 11.6 Å². The van der Waals surface area contributed by atoms with Gasteiger partial charge in [-0.15, -0.1) is 12.6 Å². The zero-order chi connectivity index (χ0) is 9.14. The van der Waals surface area contributed by atoms with Gasteiger partial charge in [0.15, 0.2) is 0 Å². The minimum Gasteiger partial charge on any atom is -0.508 e. The second-order valence-corrected chi connectivity index (χ2v) is 3.05. The molecule has 0 aliphatic carbocycles. The third-order valence-electron chi connectivity index (χ3n) is 1.61. The Kier molecular flexibility index (Phi) is 2.97. The van der Waals surface area contributed by atoms with E-state index in [1.807, 2.05) is 0 Å². The number of aliphatic hydroxyl groups excluding tert-OH is 1. The molecule has 0 spiro atoms. The first-order valence-electron chi connectivity index (χ1n) is 3.53. The van der Waals surface area contributed by atoms with Crippen molar-refractivity contribution in [1.82, 2.24) is 0 Å². The molecule has 0 saturated carbocycles. The number of hydrogen-bond acceptors (Lipinski definition) is 4. The Balaban J connectivity index is 3.04. The van der Waals surface area contributed by atoms with Crippen molar-refractivity contribution in [2.75, 3.05) is 6.61 Å². The molecule has 0 radical (unpaired) electrons. The molecule has 4 heteroatoms. The monoisotopic (exact) mass is 185 g/mol. The van der Waals surface area contributed by atoms with Crippen LogP contribution in [-0.2, 0) is 0 Å². The molecule has 0 heterocycles. The molecule has 0 aliphatic heterocycles. The van der Waals surface area contributed by atoms with Crippen LogP contribution in [0.4, 0.5) is 0 Å². The molecule has 3 nitrogen and oxygen atoms in total. The average molecular weight is 185 g/mol. The Labute approximate surface area is 76.2 Å². The van der Waals surface area contributed by atoms with Crippen LogP contribution in [0.2, 0.25) is 0 Å². The number of rotatable bonds is 2. The summed E-state index contributed by atoms with van der Waals surface area (Å²) in [6, 6.07) is 4.26. The molecule has 1 atom stereocenters. The first-order chi connectivity index (χ1) is 5.65. The normalized spacial score (nSPS) is 12.9. The van der Waals surface area contributed by atoms with Crippen molar-refractivity contribution in [1.29, 1.82) is 0 Å². The van der Waals surface area contributed by atoms with Gasteiger partial charge >= 0.3 is 0 Å². The molecule has 0 aromatic heterocycles. The third-order valence-corrected chi connectivity index (χ3v) is 1.89. The van der Waals surface area contributed by atoms with Crippen LogP contribution in [0.15, 0.2) is 23.1 Å². The minimum absolute atomic E-state index is 0.0920. The maximum Gasteiger partial charge on any atom is 0.120 e. The van der Waals surface area contributed by atoms with Gasteiger partial charge in [0, 0.05) is 10.5 Å². The summed E-state index contributed by atoms with van der Waals surface area (Å²) in [5.74, 6) is 0.0920. The van der Waals surface area contributed by atoms with Gasteiger partial charge in [0.05, 0.1) is 12.6 Å². The van der Waals surface area contributed by atoms with Crippen molar-refractivity contribution >= 4 is 12.6 Å². The molecule has 66 valence electrons. The molecule has 0 bridgehead atoms. The predicted molar refractivity (Wildman–Crippen MR) is 49.4 cm³/mol. The molecular weight excluding hydrogens is 174 g/mol. The van der Waals surface area contributed by atoms with Crippen LogP contribution in [0.25, 0.3) is 0 Å². The minimum atomic E-state index is -0.544. The number of aliphatic hydroxyl groups is 1. The highest BCUT2D eigenvalue weighted by Crippen LogP contribution is 2.24. The first kappa shape index (κ1) is 9.38. The number of nitrogens with two attached hydrogens (primary N) is 1. The topological polar surface area (TPSA) is 66.5 Å². The van der Waals surface area contributed by atoms with Gasteiger partial charge in [0.25, 0.3) is 0 Å². The van der Waals surface area contributed by atoms with Crippen molar-refractivity contribution in [2.45, 2.75) is 10.9 Å². The van der Waals surface area contributed by atoms with Crippen molar-refractivity contribution in [3.8, 4) is 5.75 Å². The molecule has 12 heavy (non-hydrogen) atoms. The predicted octanol–water partition coefficient (Wildman–Crippen LogP) is 0.673. The van der Waals surface area contributed by atoms with E-state index in [1.165, 1.54) is 6.07 Å². The second kappa shape index (κ2) is 3.80. The summed E-state index contributed by atoms with van der Waals surface area (Å²) in [6.45, 7) is -0.190. The Bertz CT molecular complexity index is 278. The number of hydrogen-bond donors (Lipinski definition) is 4. The van der Waals surface area contributed by atoms with Gasteiger partial charge in [0.2, 0.25) is 0 Å². The Morgan fingerprint density at radius 1 is 1.50 bits per heavy atom. The summed E-state index contributed by atoms with van der Waals surface area (Å²) >= 11 is 4.09. The van der Waals surface area contributed by atoms with Crippen LogP contribution < -0.4 is 5.73 Å². The van der Waals surface area contributed by atoms with Gasteiger partial charge in [-0.05, 0) is 18.2 Å². The molecule has 1 aromatic carbocycles. The van der Waals surface area contributed by atoms with Gasteiger partial charge in [-0.3, -0.25) is 0 Å². The largest absolute Gasteiger partial charge is 0.508 e. The lowest BCUT2D eigenvalue weighted by atomic mass is 10.1. The zero-order valence-corrected chi connectivity index (χ0v) is 7.33. The maximum atomic E-state index is 9.31. The SMILES string of the molecule is NC(CO)c1cc(S)ccc1O. The van der Waals surface area contributed by atoms with Crippen LogP contribution in [0, 0.1) is 0 Å². The fourth-order valence-corrected chi connectivity index (χ4v) is 1.15. The van der Waals surface area contributed by atoms with E-state index in [1.54, 1.807) is 12.1 Å². The maximum absolute atomic E-state index is 9.31. The highest BCUT2D eigenvalue weighted by molar-refractivity contribution is 7.80. The summed E-state index contributed by atoms with van der Waals surface area (Å²) in [7, 11) is 0. The molecular formula is C8H11NO2S. The zero-order valence-electron chi connectivity index (χ0n) is 6.44. The molecule has 1 aromatic rings. The number of aromatic hydroxyl groups is 1. The second-order valence-electron chi connectivity index (χ2n) is 2.53. The summed E-state index contributed by atoms with van der Waals surface area (Å²) in [6.07, 6.45) is 0. The fourth-order valence-electron chi connectivity index (χ4n) is 0.937. The molecule has 4 N–H and O–H groups in total. The number of phenols is 1. The van der Waals surface area contributed by atoms with E-state index in [0.717, 1.165) is 0 Å². The number of phenolic OH excluding ortho intramolecular Hbond substituents is 1.